The van der Waals surface area contributed by atoms with Crippen LogP contribution in [-0.2, 0) is 9.59 Å². The van der Waals surface area contributed by atoms with Crippen molar-refractivity contribution in [1.82, 2.24) is 45.2 Å². The van der Waals surface area contributed by atoms with Gasteiger partial charge in [-0.3, -0.25) is 38.8 Å². The molecular weight excluding hydrogens is 843 g/mol. The van der Waals surface area contributed by atoms with Crippen LogP contribution in [0.15, 0.2) is 42.6 Å². The lowest BCUT2D eigenvalue weighted by Gasteiger charge is -2.39. The van der Waals surface area contributed by atoms with Crippen LogP contribution in [0.5, 0.6) is 11.5 Å². The Morgan fingerprint density at radius 1 is 0.924 bits per heavy atom. The topological polar surface area (TPSA) is 206 Å². The van der Waals surface area contributed by atoms with Crippen molar-refractivity contribution >= 4 is 47.0 Å². The van der Waals surface area contributed by atoms with Crippen molar-refractivity contribution in [3.05, 3.63) is 70.9 Å². The van der Waals surface area contributed by atoms with Gasteiger partial charge in [-0.2, -0.15) is 4.98 Å². The lowest BCUT2D eigenvalue weighted by atomic mass is 9.88. The summed E-state index contributed by atoms with van der Waals surface area (Å²) in [5, 5.41) is 17.9. The molecule has 2 aromatic carbocycles. The summed E-state index contributed by atoms with van der Waals surface area (Å²) >= 11 is 0. The number of unbranched alkanes of at least 4 members (excludes halogenated alkanes) is 2. The van der Waals surface area contributed by atoms with Crippen LogP contribution in [0, 0.1) is 12.8 Å². The molecule has 2 aromatic heterocycles. The third-order valence-electron chi connectivity index (χ3n) is 13.8. The van der Waals surface area contributed by atoms with Gasteiger partial charge in [0.25, 0.3) is 17.7 Å². The number of anilines is 3. The molecule has 1 aliphatic carbocycles. The van der Waals surface area contributed by atoms with Gasteiger partial charge in [0.05, 0.1) is 42.8 Å². The highest BCUT2D eigenvalue weighted by atomic mass is 16.5. The first-order valence-corrected chi connectivity index (χ1v) is 23.6. The Morgan fingerprint density at radius 2 is 1.74 bits per heavy atom. The predicted octanol–water partition coefficient (Wildman–Crippen LogP) is 5.81. The summed E-state index contributed by atoms with van der Waals surface area (Å²) in [4.78, 5) is 79.7. The molecule has 18 nitrogen and oxygen atoms in total. The van der Waals surface area contributed by atoms with Gasteiger partial charge in [-0.15, -0.1) is 10.2 Å². The average Bonchev–Trinajstić information content (AvgIpc) is 3.83. The van der Waals surface area contributed by atoms with Gasteiger partial charge in [-0.1, -0.05) is 32.3 Å². The second kappa shape index (κ2) is 19.6. The smallest absolute Gasteiger partial charge is 0.266 e. The van der Waals surface area contributed by atoms with Gasteiger partial charge in [-0.05, 0) is 108 Å². The summed E-state index contributed by atoms with van der Waals surface area (Å²) < 4.78 is 13.9. The van der Waals surface area contributed by atoms with Gasteiger partial charge < -0.3 is 29.9 Å². The van der Waals surface area contributed by atoms with E-state index >= 15 is 0 Å². The number of ether oxygens (including phenoxy) is 2. The molecule has 4 aromatic rings. The molecule has 0 radical (unpaired) electrons. The molecule has 18 heteroatoms. The Bertz CT molecular complexity index is 2500. The fraction of sp³-hybridized carbons (Fsp3) is 0.521. The maximum absolute atomic E-state index is 13.5. The van der Waals surface area contributed by atoms with Gasteiger partial charge >= 0.3 is 0 Å². The number of aryl methyl sites for hydroxylation is 1. The largest absolute Gasteiger partial charge is 0.495 e. The fourth-order valence-corrected chi connectivity index (χ4v) is 10.3. The minimum Gasteiger partial charge on any atom is -0.495 e. The summed E-state index contributed by atoms with van der Waals surface area (Å²) in [5.74, 6) is 2.14. The van der Waals surface area contributed by atoms with Crippen LogP contribution < -0.4 is 30.3 Å². The zero-order chi connectivity index (χ0) is 45.9. The summed E-state index contributed by atoms with van der Waals surface area (Å²) in [7, 11) is 1.59. The fourth-order valence-electron chi connectivity index (χ4n) is 10.3. The number of hydrogen-bond acceptors (Lipinski definition) is 14. The first-order chi connectivity index (χ1) is 32.1. The van der Waals surface area contributed by atoms with Crippen LogP contribution in [0.4, 0.5) is 17.5 Å². The predicted molar refractivity (Wildman–Crippen MR) is 244 cm³/mol. The molecule has 2 saturated heterocycles. The maximum Gasteiger partial charge on any atom is 0.266 e. The SMILES string of the molecule is CCC1c2nnc(C)n2-c2cnc(Nc3ccc(C(=O)NC4CCN(CCCCCOc5cccc6c5C(=O)N(C5CCC(=O)NC5=O)C6=O)CC4)cc3OC)nc2N1CC1CCCCC1. The Hall–Kier alpha value is -6.43. The second-order valence-electron chi connectivity index (χ2n) is 18.1. The summed E-state index contributed by atoms with van der Waals surface area (Å²) in [5.41, 5.74) is 2.41. The molecule has 1 saturated carbocycles. The van der Waals surface area contributed by atoms with Gasteiger partial charge in [0.2, 0.25) is 17.8 Å². The minimum atomic E-state index is -1.02. The Labute approximate surface area is 384 Å². The highest BCUT2D eigenvalue weighted by molar-refractivity contribution is 6.24. The monoisotopic (exact) mass is 901 g/mol. The molecule has 3 N–H and O–H groups in total. The number of fused-ring (bicyclic) bond motifs is 4. The van der Waals surface area contributed by atoms with Crippen molar-refractivity contribution in [2.45, 2.75) is 115 Å². The third kappa shape index (κ3) is 9.06. The Balaban J connectivity index is 0.739. The van der Waals surface area contributed by atoms with E-state index in [4.69, 9.17) is 19.4 Å². The Kier molecular flexibility index (Phi) is 13.3. The van der Waals surface area contributed by atoms with Crippen molar-refractivity contribution in [3.8, 4) is 17.2 Å². The minimum absolute atomic E-state index is 0.0546. The highest BCUT2D eigenvalue weighted by Gasteiger charge is 2.46. The number of likely N-dealkylation sites (tertiary alicyclic amines) is 1. The van der Waals surface area contributed by atoms with Crippen LogP contribution in [0.2, 0.25) is 0 Å². The molecular formula is C48H59N11O7. The van der Waals surface area contributed by atoms with Crippen LogP contribution in [0.25, 0.3) is 5.69 Å². The van der Waals surface area contributed by atoms with Crippen molar-refractivity contribution < 1.29 is 33.4 Å². The molecule has 66 heavy (non-hydrogen) atoms. The van der Waals surface area contributed by atoms with Gasteiger partial charge in [0.15, 0.2) is 11.6 Å². The maximum atomic E-state index is 13.5. The second-order valence-corrected chi connectivity index (χ2v) is 18.1. The lowest BCUT2D eigenvalue weighted by Crippen LogP contribution is -2.54. The van der Waals surface area contributed by atoms with Crippen LogP contribution in [-0.4, -0.2) is 116 Å². The van der Waals surface area contributed by atoms with E-state index in [0.29, 0.717) is 41.2 Å². The molecule has 5 amide bonds. The number of nitrogens with zero attached hydrogens (tertiary/aromatic N) is 8. The number of carbonyl (C=O) groups excluding carboxylic acids is 5. The quantitative estimate of drug-likeness (QED) is 0.0897. The first-order valence-electron chi connectivity index (χ1n) is 23.6. The van der Waals surface area contributed by atoms with E-state index in [2.05, 4.69) is 47.4 Å². The molecule has 3 fully saturated rings. The molecule has 0 bridgehead atoms. The van der Waals surface area contributed by atoms with E-state index in [-0.39, 0.29) is 42.0 Å². The van der Waals surface area contributed by atoms with Gasteiger partial charge in [-0.25, -0.2) is 4.98 Å². The zero-order valence-corrected chi connectivity index (χ0v) is 38.0. The average molecular weight is 902 g/mol. The van der Waals surface area contributed by atoms with E-state index in [0.717, 1.165) is 92.8 Å². The molecule has 2 unspecified atom stereocenters. The number of imide groups is 2. The molecule has 6 heterocycles. The number of piperidine rings is 2. The van der Waals surface area contributed by atoms with Crippen molar-refractivity contribution in [2.75, 3.05) is 50.1 Å². The highest BCUT2D eigenvalue weighted by Crippen LogP contribution is 2.41. The van der Waals surface area contributed by atoms with Crippen LogP contribution >= 0.6 is 0 Å². The summed E-state index contributed by atoms with van der Waals surface area (Å²) in [6, 6.07) is 9.37. The first kappa shape index (κ1) is 44.8. The number of benzene rings is 2. The van der Waals surface area contributed by atoms with E-state index in [1.807, 2.05) is 19.2 Å². The summed E-state index contributed by atoms with van der Waals surface area (Å²) in [6.07, 6.45) is 13.5. The number of aromatic nitrogens is 5. The van der Waals surface area contributed by atoms with Crippen molar-refractivity contribution in [1.29, 1.82) is 0 Å². The number of methoxy groups -OCH3 is 1. The number of rotatable bonds is 16. The van der Waals surface area contributed by atoms with Gasteiger partial charge in [0, 0.05) is 37.7 Å². The zero-order valence-electron chi connectivity index (χ0n) is 38.0. The van der Waals surface area contributed by atoms with E-state index in [1.165, 1.54) is 32.1 Å². The van der Waals surface area contributed by atoms with E-state index < -0.39 is 29.7 Å². The molecule has 2 atom stereocenters. The molecule has 0 spiro atoms. The molecule has 4 aliphatic heterocycles. The Morgan fingerprint density at radius 3 is 2.52 bits per heavy atom. The normalized spacial score (nSPS) is 20.2. The van der Waals surface area contributed by atoms with Crippen LogP contribution in [0.1, 0.15) is 139 Å². The van der Waals surface area contributed by atoms with Gasteiger partial charge in [0.1, 0.15) is 29.1 Å². The van der Waals surface area contributed by atoms with Crippen LogP contribution in [0.3, 0.4) is 0 Å². The van der Waals surface area contributed by atoms with Crippen molar-refractivity contribution in [3.63, 3.8) is 0 Å². The number of amides is 5. The number of hydrogen-bond donors (Lipinski definition) is 3. The number of nitrogens with one attached hydrogen (secondary N) is 3. The molecule has 9 rings (SSSR count). The number of carbonyl (C=O) groups is 5. The molecule has 348 valence electrons. The van der Waals surface area contributed by atoms with E-state index in [1.54, 1.807) is 37.4 Å². The third-order valence-corrected chi connectivity index (χ3v) is 13.8. The lowest BCUT2D eigenvalue weighted by molar-refractivity contribution is -0.136. The molecule has 5 aliphatic rings. The van der Waals surface area contributed by atoms with E-state index in [9.17, 15) is 24.0 Å². The van der Waals surface area contributed by atoms with Crippen molar-refractivity contribution in [2.24, 2.45) is 5.92 Å². The standard InChI is InChI=1S/C48H59N11O7/c1-4-35-43-55-54-29(2)58(43)37-27-49-48(53-42(37)57(35)28-30-12-7-5-8-13-30)51-34-17-16-31(26-39(34)65-3)44(61)50-32-20-23-56(24-21-32)22-9-6-10-25-66-38-15-11-14-33-41(38)47(64)59(46(33)63)36-18-19-40(60)52-45(36)62/h11,14-17,26-27,30,32,35-36H,4-10,12-13,18-25,28H2,1-3H3,(H,50,61)(H,49,51,53)(H,52,60,62). The summed E-state index contributed by atoms with van der Waals surface area (Å²) in [6.45, 7) is 8.10.